The van der Waals surface area contributed by atoms with Crippen LogP contribution in [0, 0.1) is 25.2 Å². The van der Waals surface area contributed by atoms with E-state index < -0.39 is 18.5 Å². The van der Waals surface area contributed by atoms with Gasteiger partial charge in [0.2, 0.25) is 0 Å². The van der Waals surface area contributed by atoms with Gasteiger partial charge in [-0.25, -0.2) is 4.79 Å². The van der Waals surface area contributed by atoms with Gasteiger partial charge in [0.25, 0.3) is 5.91 Å². The number of nitrogens with one attached hydrogen (secondary N) is 1. The lowest BCUT2D eigenvalue weighted by Crippen LogP contribution is -2.24. The van der Waals surface area contributed by atoms with Crippen LogP contribution in [0.25, 0.3) is 0 Å². The van der Waals surface area contributed by atoms with Crippen molar-refractivity contribution in [3.8, 4) is 11.8 Å². The Bertz CT molecular complexity index is 1000. The number of nitrogens with zero attached hydrogens (tertiary/aromatic N) is 2. The summed E-state index contributed by atoms with van der Waals surface area (Å²) in [7, 11) is 0. The summed E-state index contributed by atoms with van der Waals surface area (Å²) in [5.74, 6) is -1.12. The number of benzene rings is 1. The molecule has 8 heteroatoms. The average molecular weight is 460 g/mol. The van der Waals surface area contributed by atoms with Gasteiger partial charge in [0.15, 0.2) is 6.61 Å². The van der Waals surface area contributed by atoms with Crippen LogP contribution in [0.3, 0.4) is 0 Å². The van der Waals surface area contributed by atoms with Crippen LogP contribution in [0.5, 0.6) is 5.75 Å². The highest BCUT2D eigenvalue weighted by Crippen LogP contribution is 2.37. The van der Waals surface area contributed by atoms with E-state index in [-0.39, 0.29) is 17.4 Å². The number of esters is 1. The Kier molecular flexibility index (Phi) is 6.28. The molecule has 0 atom stereocenters. The number of anilines is 1. The van der Waals surface area contributed by atoms with Gasteiger partial charge in [0.05, 0.1) is 5.56 Å². The van der Waals surface area contributed by atoms with Gasteiger partial charge in [-0.1, -0.05) is 28.8 Å². The highest BCUT2D eigenvalue weighted by Gasteiger charge is 2.27. The fourth-order valence-electron chi connectivity index (χ4n) is 3.75. The lowest BCUT2D eigenvalue weighted by Gasteiger charge is -2.19. The van der Waals surface area contributed by atoms with Gasteiger partial charge in [0, 0.05) is 16.2 Å². The Labute approximate surface area is 177 Å². The molecule has 1 aromatic carbocycles. The molecule has 29 heavy (non-hydrogen) atoms. The van der Waals surface area contributed by atoms with E-state index in [9.17, 15) is 20.0 Å². The van der Waals surface area contributed by atoms with Crippen molar-refractivity contribution < 1.29 is 19.4 Å². The molecule has 2 aromatic rings. The van der Waals surface area contributed by atoms with Crippen molar-refractivity contribution in [3.05, 3.63) is 45.1 Å². The number of aromatic nitrogens is 1. The quantitative estimate of drug-likeness (QED) is 0.646. The lowest BCUT2D eigenvalue weighted by molar-refractivity contribution is -0.119. The smallest absolute Gasteiger partial charge is 0.342 e. The van der Waals surface area contributed by atoms with E-state index in [1.165, 1.54) is 12.1 Å². The lowest BCUT2D eigenvalue weighted by atomic mass is 10.2. The molecule has 1 saturated carbocycles. The minimum absolute atomic E-state index is 0.0362. The van der Waals surface area contributed by atoms with Gasteiger partial charge in [-0.05, 0) is 50.5 Å². The highest BCUT2D eigenvalue weighted by molar-refractivity contribution is 9.10. The SMILES string of the molecule is Cc1c(C#N)c(NC(=O)COC(=O)c2cc(Br)ccc2O)n(C2CCCC2)c1C. The largest absolute Gasteiger partial charge is 0.507 e. The summed E-state index contributed by atoms with van der Waals surface area (Å²) in [6, 6.07) is 6.79. The van der Waals surface area contributed by atoms with Crippen LogP contribution < -0.4 is 5.32 Å². The van der Waals surface area contributed by atoms with E-state index in [0.29, 0.717) is 15.9 Å². The zero-order valence-corrected chi connectivity index (χ0v) is 17.9. The molecule has 1 aromatic heterocycles. The Morgan fingerprint density at radius 1 is 1.34 bits per heavy atom. The Balaban J connectivity index is 1.75. The number of rotatable bonds is 5. The minimum Gasteiger partial charge on any atom is -0.507 e. The fraction of sp³-hybridized carbons (Fsp3) is 0.381. The molecule has 1 amide bonds. The first kappa shape index (κ1) is 20.9. The second-order valence-corrected chi connectivity index (χ2v) is 8.06. The first-order valence-corrected chi connectivity index (χ1v) is 10.2. The van der Waals surface area contributed by atoms with Crippen LogP contribution in [0.4, 0.5) is 5.82 Å². The van der Waals surface area contributed by atoms with Crippen LogP contribution in [0.1, 0.15) is 58.9 Å². The van der Waals surface area contributed by atoms with E-state index in [0.717, 1.165) is 36.9 Å². The molecular weight excluding hydrogens is 438 g/mol. The van der Waals surface area contributed by atoms with Crippen molar-refractivity contribution in [1.29, 1.82) is 5.26 Å². The van der Waals surface area contributed by atoms with Crippen molar-refractivity contribution in [2.75, 3.05) is 11.9 Å². The number of carbonyl (C=O) groups is 2. The predicted molar refractivity (Wildman–Crippen MR) is 111 cm³/mol. The summed E-state index contributed by atoms with van der Waals surface area (Å²) >= 11 is 3.22. The number of hydrogen-bond donors (Lipinski definition) is 2. The molecular formula is C21H22BrN3O4. The van der Waals surface area contributed by atoms with Gasteiger partial charge in [-0.2, -0.15) is 5.26 Å². The molecule has 0 saturated heterocycles. The van der Waals surface area contributed by atoms with Crippen molar-refractivity contribution >= 4 is 33.6 Å². The van der Waals surface area contributed by atoms with E-state index in [1.807, 2.05) is 18.4 Å². The number of phenols is 1. The van der Waals surface area contributed by atoms with E-state index >= 15 is 0 Å². The summed E-state index contributed by atoms with van der Waals surface area (Å²) in [6.45, 7) is 3.29. The summed E-state index contributed by atoms with van der Waals surface area (Å²) in [6.07, 6.45) is 4.23. The summed E-state index contributed by atoms with van der Waals surface area (Å²) in [5, 5.41) is 22.1. The molecule has 0 bridgehead atoms. The van der Waals surface area contributed by atoms with Crippen LogP contribution >= 0.6 is 15.9 Å². The number of amides is 1. The molecule has 152 valence electrons. The zero-order valence-electron chi connectivity index (χ0n) is 16.3. The third-order valence-electron chi connectivity index (χ3n) is 5.33. The second kappa shape index (κ2) is 8.70. The molecule has 3 rings (SSSR count). The number of aromatic hydroxyl groups is 1. The van der Waals surface area contributed by atoms with Gasteiger partial charge in [-0.15, -0.1) is 0 Å². The monoisotopic (exact) mass is 459 g/mol. The molecule has 0 spiro atoms. The predicted octanol–water partition coefficient (Wildman–Crippen LogP) is 4.36. The van der Waals surface area contributed by atoms with Crippen LogP contribution in [-0.2, 0) is 9.53 Å². The van der Waals surface area contributed by atoms with Gasteiger partial charge in [-0.3, -0.25) is 4.79 Å². The highest BCUT2D eigenvalue weighted by atomic mass is 79.9. The van der Waals surface area contributed by atoms with Crippen LogP contribution in [0.15, 0.2) is 22.7 Å². The maximum Gasteiger partial charge on any atom is 0.342 e. The zero-order chi connectivity index (χ0) is 21.1. The Morgan fingerprint density at radius 3 is 2.69 bits per heavy atom. The third-order valence-corrected chi connectivity index (χ3v) is 5.82. The first-order valence-electron chi connectivity index (χ1n) is 9.40. The molecule has 2 N–H and O–H groups in total. The van der Waals surface area contributed by atoms with E-state index in [4.69, 9.17) is 4.74 Å². The summed E-state index contributed by atoms with van der Waals surface area (Å²) in [5.41, 5.74) is 2.19. The standard InChI is InChI=1S/C21H22BrN3O4/c1-12-13(2)25(15-5-3-4-6-15)20(17(12)10-23)24-19(27)11-29-21(28)16-9-14(22)7-8-18(16)26/h7-9,15,26H,3-6,11H2,1-2H3,(H,24,27). The number of ether oxygens (including phenoxy) is 1. The molecule has 0 unspecified atom stereocenters. The van der Waals surface area contributed by atoms with Crippen molar-refractivity contribution in [2.24, 2.45) is 0 Å². The van der Waals surface area contributed by atoms with Crippen LogP contribution in [0.2, 0.25) is 0 Å². The van der Waals surface area contributed by atoms with E-state index in [1.54, 1.807) is 6.07 Å². The molecule has 7 nitrogen and oxygen atoms in total. The van der Waals surface area contributed by atoms with E-state index in [2.05, 4.69) is 27.3 Å². The van der Waals surface area contributed by atoms with Crippen molar-refractivity contribution in [1.82, 2.24) is 4.57 Å². The van der Waals surface area contributed by atoms with Crippen LogP contribution in [-0.4, -0.2) is 28.2 Å². The maximum absolute atomic E-state index is 12.5. The molecule has 1 aliphatic rings. The molecule has 0 aliphatic heterocycles. The third kappa shape index (κ3) is 4.30. The van der Waals surface area contributed by atoms with Crippen molar-refractivity contribution in [2.45, 2.75) is 45.6 Å². The normalized spacial score (nSPS) is 13.9. The Hall–Kier alpha value is -2.79. The van der Waals surface area contributed by atoms with Gasteiger partial charge in [0.1, 0.15) is 23.2 Å². The Morgan fingerprint density at radius 2 is 2.03 bits per heavy atom. The fourth-order valence-corrected chi connectivity index (χ4v) is 4.12. The molecule has 0 radical (unpaired) electrons. The van der Waals surface area contributed by atoms with Crippen molar-refractivity contribution in [3.63, 3.8) is 0 Å². The summed E-state index contributed by atoms with van der Waals surface area (Å²) in [4.78, 5) is 24.7. The summed E-state index contributed by atoms with van der Waals surface area (Å²) < 4.78 is 7.68. The number of nitriles is 1. The number of carbonyl (C=O) groups excluding carboxylic acids is 2. The van der Waals surface area contributed by atoms with Gasteiger partial charge >= 0.3 is 5.97 Å². The first-order chi connectivity index (χ1) is 13.8. The molecule has 1 fully saturated rings. The number of hydrogen-bond acceptors (Lipinski definition) is 5. The van der Waals surface area contributed by atoms with Gasteiger partial charge < -0.3 is 19.7 Å². The molecule has 1 heterocycles. The minimum atomic E-state index is -0.807. The number of phenolic OH excluding ortho intramolecular Hbond substituents is 1. The molecule has 1 aliphatic carbocycles. The topological polar surface area (TPSA) is 104 Å². The second-order valence-electron chi connectivity index (χ2n) is 7.14. The average Bonchev–Trinajstić information content (AvgIpc) is 3.29. The maximum atomic E-state index is 12.5. The number of halogens is 1.